The van der Waals surface area contributed by atoms with Crippen molar-refractivity contribution < 1.29 is 22.3 Å². The van der Waals surface area contributed by atoms with E-state index in [1.54, 1.807) is 0 Å². The zero-order chi connectivity index (χ0) is 14.9. The molecule has 0 saturated carbocycles. The molecule has 0 unspecified atom stereocenters. The zero-order valence-corrected chi connectivity index (χ0v) is 10.5. The number of carbonyl (C=O) groups excluding carboxylic acids is 1. The molecule has 0 fully saturated rings. The van der Waals surface area contributed by atoms with Crippen molar-refractivity contribution in [3.63, 3.8) is 0 Å². The van der Waals surface area contributed by atoms with Crippen LogP contribution in [0.5, 0.6) is 0 Å². The smallest absolute Gasteiger partial charge is 0.352 e. The number of para-hydroxylation sites is 1. The van der Waals surface area contributed by atoms with Gasteiger partial charge in [0.1, 0.15) is 0 Å². The molecule has 6 N–H and O–H groups in total. The normalized spacial score (nSPS) is 9.58. The van der Waals surface area contributed by atoms with E-state index in [1.165, 1.54) is 5.39 Å². The number of amides is 2. The van der Waals surface area contributed by atoms with Gasteiger partial charge >= 0.3 is 16.4 Å². The number of hydrogen-bond acceptors (Lipinski definition) is 4. The topological polar surface area (TPSA) is 157 Å². The highest BCUT2D eigenvalue weighted by Crippen LogP contribution is 2.07. The highest BCUT2D eigenvalue weighted by molar-refractivity contribution is 7.79. The Morgan fingerprint density at radius 3 is 1.95 bits per heavy atom. The highest BCUT2D eigenvalue weighted by atomic mass is 32.3. The van der Waals surface area contributed by atoms with Crippen LogP contribution in [0, 0.1) is 0 Å². The molecule has 0 aliphatic rings. The van der Waals surface area contributed by atoms with Crippen LogP contribution in [0.15, 0.2) is 42.6 Å². The van der Waals surface area contributed by atoms with Crippen LogP contribution >= 0.6 is 0 Å². The quantitative estimate of drug-likeness (QED) is 0.520. The van der Waals surface area contributed by atoms with E-state index < -0.39 is 16.4 Å². The second-order valence-corrected chi connectivity index (χ2v) is 3.94. The van der Waals surface area contributed by atoms with E-state index in [9.17, 15) is 0 Å². The van der Waals surface area contributed by atoms with Crippen LogP contribution < -0.4 is 11.5 Å². The third kappa shape index (κ3) is 12.0. The number of nitrogens with two attached hydrogens (primary N) is 2. The average Bonchev–Trinajstić information content (AvgIpc) is 2.26. The van der Waals surface area contributed by atoms with Crippen LogP contribution in [0.25, 0.3) is 10.9 Å². The summed E-state index contributed by atoms with van der Waals surface area (Å²) in [4.78, 5) is 13.2. The Kier molecular flexibility index (Phi) is 7.04. The number of benzene rings is 1. The van der Waals surface area contributed by atoms with Gasteiger partial charge in [0.25, 0.3) is 0 Å². The number of rotatable bonds is 0. The van der Waals surface area contributed by atoms with Gasteiger partial charge in [0, 0.05) is 11.6 Å². The summed E-state index contributed by atoms with van der Waals surface area (Å²) < 4.78 is 31.6. The minimum atomic E-state index is -4.67. The molecule has 1 heterocycles. The molecule has 9 heteroatoms. The molecular weight excluding hydrogens is 274 g/mol. The van der Waals surface area contributed by atoms with Crippen molar-refractivity contribution in [1.29, 1.82) is 0 Å². The minimum absolute atomic E-state index is 0.833. The molecule has 1 aromatic carbocycles. The number of hydrogen-bond donors (Lipinski definition) is 4. The number of primary amides is 2. The van der Waals surface area contributed by atoms with Gasteiger partial charge in [-0.25, -0.2) is 4.79 Å². The molecular formula is C10H13N3O5S. The summed E-state index contributed by atoms with van der Waals surface area (Å²) in [5.74, 6) is 0. The second kappa shape index (κ2) is 7.97. The monoisotopic (exact) mass is 287 g/mol. The Hall–Kier alpha value is -2.23. The van der Waals surface area contributed by atoms with E-state index in [0.717, 1.165) is 5.52 Å². The number of carbonyl (C=O) groups is 1. The zero-order valence-electron chi connectivity index (χ0n) is 9.67. The predicted octanol–water partition coefficient (Wildman–Crippen LogP) is 0.606. The lowest BCUT2D eigenvalue weighted by molar-refractivity contribution is 0.256. The van der Waals surface area contributed by atoms with Gasteiger partial charge in [0.05, 0.1) is 5.52 Å². The van der Waals surface area contributed by atoms with Crippen molar-refractivity contribution >= 4 is 27.3 Å². The van der Waals surface area contributed by atoms with Crippen molar-refractivity contribution in [2.24, 2.45) is 11.5 Å². The van der Waals surface area contributed by atoms with Gasteiger partial charge in [-0.2, -0.15) is 8.42 Å². The predicted molar refractivity (Wildman–Crippen MR) is 69.7 cm³/mol. The molecule has 0 atom stereocenters. The van der Waals surface area contributed by atoms with Crippen molar-refractivity contribution in [2.45, 2.75) is 0 Å². The van der Waals surface area contributed by atoms with Crippen LogP contribution in [0.1, 0.15) is 0 Å². The highest BCUT2D eigenvalue weighted by Gasteiger charge is 1.86. The first-order valence-electron chi connectivity index (χ1n) is 4.74. The lowest BCUT2D eigenvalue weighted by Gasteiger charge is -1.91. The van der Waals surface area contributed by atoms with Gasteiger partial charge < -0.3 is 11.5 Å². The molecule has 0 saturated heterocycles. The van der Waals surface area contributed by atoms with Gasteiger partial charge in [0.15, 0.2) is 0 Å². The van der Waals surface area contributed by atoms with Gasteiger partial charge in [-0.1, -0.05) is 24.3 Å². The summed E-state index contributed by atoms with van der Waals surface area (Å²) in [5.41, 5.74) is 9.56. The summed E-state index contributed by atoms with van der Waals surface area (Å²) >= 11 is 0. The first-order valence-corrected chi connectivity index (χ1v) is 6.14. The maximum absolute atomic E-state index is 9.00. The Balaban J connectivity index is 0.000000307. The van der Waals surface area contributed by atoms with E-state index in [0.29, 0.717) is 0 Å². The number of aromatic nitrogens is 1. The minimum Gasteiger partial charge on any atom is -0.352 e. The van der Waals surface area contributed by atoms with Crippen LogP contribution in [0.3, 0.4) is 0 Å². The fraction of sp³-hybridized carbons (Fsp3) is 0. The molecule has 0 aliphatic carbocycles. The van der Waals surface area contributed by atoms with Gasteiger partial charge in [-0.15, -0.1) is 0 Å². The van der Waals surface area contributed by atoms with Gasteiger partial charge in [0.2, 0.25) is 0 Å². The second-order valence-electron chi connectivity index (χ2n) is 3.05. The van der Waals surface area contributed by atoms with Gasteiger partial charge in [-0.05, 0) is 12.1 Å². The molecule has 19 heavy (non-hydrogen) atoms. The number of fused-ring (bicyclic) bond motifs is 1. The van der Waals surface area contributed by atoms with E-state index in [2.05, 4.69) is 28.6 Å². The fourth-order valence-corrected chi connectivity index (χ4v) is 1.02. The molecule has 2 rings (SSSR count). The van der Waals surface area contributed by atoms with E-state index in [1.807, 2.05) is 30.5 Å². The van der Waals surface area contributed by atoms with Crippen molar-refractivity contribution in [3.8, 4) is 0 Å². The van der Waals surface area contributed by atoms with Crippen molar-refractivity contribution in [1.82, 2.24) is 4.98 Å². The van der Waals surface area contributed by atoms with Crippen LogP contribution in [-0.2, 0) is 10.4 Å². The average molecular weight is 287 g/mol. The number of pyridine rings is 1. The largest absolute Gasteiger partial charge is 0.394 e. The lowest BCUT2D eigenvalue weighted by atomic mass is 10.2. The number of urea groups is 1. The number of nitrogens with zero attached hydrogens (tertiary/aromatic N) is 1. The third-order valence-electron chi connectivity index (χ3n) is 1.51. The molecule has 2 amide bonds. The lowest BCUT2D eigenvalue weighted by Crippen LogP contribution is -2.18. The first kappa shape index (κ1) is 16.8. The summed E-state index contributed by atoms with van der Waals surface area (Å²) in [7, 11) is -4.67. The summed E-state index contributed by atoms with van der Waals surface area (Å²) in [6.07, 6.45) is 1.81. The molecule has 2 aromatic rings. The first-order chi connectivity index (χ1) is 8.70. The maximum atomic E-state index is 9.00. The molecule has 0 radical (unpaired) electrons. The summed E-state index contributed by atoms with van der Waals surface area (Å²) in [6.45, 7) is 0. The standard InChI is InChI=1S/C9H7N.CH4N2O.H2O4S/c1-2-6-9-8(4-1)5-3-7-10-9;2-1(3)4;1-5(2,3)4/h1-7H;(H4,2,3,4);(H2,1,2,3,4). The summed E-state index contributed by atoms with van der Waals surface area (Å²) in [5, 5.41) is 1.20. The summed E-state index contributed by atoms with van der Waals surface area (Å²) in [6, 6.07) is 11.3. The maximum Gasteiger partial charge on any atom is 0.394 e. The Morgan fingerprint density at radius 1 is 1.05 bits per heavy atom. The molecule has 1 aromatic heterocycles. The van der Waals surface area contributed by atoms with Crippen molar-refractivity contribution in [2.75, 3.05) is 0 Å². The third-order valence-corrected chi connectivity index (χ3v) is 1.51. The van der Waals surface area contributed by atoms with Crippen LogP contribution in [0.4, 0.5) is 4.79 Å². The van der Waals surface area contributed by atoms with Crippen molar-refractivity contribution in [3.05, 3.63) is 42.6 Å². The molecule has 0 bridgehead atoms. The Bertz CT molecular complexity index is 552. The molecule has 104 valence electrons. The SMILES string of the molecule is NC(N)=O.O=S(=O)(O)O.c1ccc2ncccc2c1. The van der Waals surface area contributed by atoms with E-state index in [4.69, 9.17) is 22.3 Å². The van der Waals surface area contributed by atoms with Crippen LogP contribution in [0.2, 0.25) is 0 Å². The molecule has 8 nitrogen and oxygen atoms in total. The van der Waals surface area contributed by atoms with E-state index in [-0.39, 0.29) is 0 Å². The molecule has 0 aliphatic heterocycles. The Labute approximate surface area is 109 Å². The van der Waals surface area contributed by atoms with Crippen LogP contribution in [-0.4, -0.2) is 28.5 Å². The van der Waals surface area contributed by atoms with Gasteiger partial charge in [-0.3, -0.25) is 14.1 Å². The van der Waals surface area contributed by atoms with E-state index >= 15 is 0 Å². The Morgan fingerprint density at radius 2 is 1.47 bits per heavy atom. The fourth-order valence-electron chi connectivity index (χ4n) is 1.02. The molecule has 0 spiro atoms.